The molecule has 2 rings (SSSR count). The Morgan fingerprint density at radius 2 is 1.57 bits per heavy atom. The van der Waals surface area contributed by atoms with Crippen molar-refractivity contribution in [3.05, 3.63) is 66.0 Å². The van der Waals surface area contributed by atoms with Gasteiger partial charge in [0, 0.05) is 11.8 Å². The highest BCUT2D eigenvalue weighted by Gasteiger charge is 1.84. The van der Waals surface area contributed by atoms with Crippen LogP contribution in [0.3, 0.4) is 0 Å². The summed E-state index contributed by atoms with van der Waals surface area (Å²) in [5, 5.41) is 0. The van der Waals surface area contributed by atoms with Crippen LogP contribution in [0, 0.1) is 11.8 Å². The summed E-state index contributed by atoms with van der Waals surface area (Å²) in [7, 11) is 0. The maximum absolute atomic E-state index is 4.12. The van der Waals surface area contributed by atoms with Gasteiger partial charge >= 0.3 is 0 Å². The van der Waals surface area contributed by atoms with Gasteiger partial charge in [0.15, 0.2) is 0 Å². The molecule has 0 aliphatic heterocycles. The highest BCUT2D eigenvalue weighted by Crippen LogP contribution is 1.96. The van der Waals surface area contributed by atoms with Gasteiger partial charge in [-0.2, -0.15) is 0 Å². The maximum atomic E-state index is 4.12. The molecule has 1 nitrogen and oxygen atoms in total. The topological polar surface area (TPSA) is 12.9 Å². The Morgan fingerprint density at radius 3 is 2.29 bits per heavy atom. The van der Waals surface area contributed by atoms with E-state index in [0.29, 0.717) is 0 Å². The molecule has 66 valence electrons. The number of nitrogens with zero attached hydrogens (tertiary/aromatic N) is 1. The van der Waals surface area contributed by atoms with Crippen molar-refractivity contribution in [3.63, 3.8) is 0 Å². The number of rotatable bonds is 0. The van der Waals surface area contributed by atoms with Crippen molar-refractivity contribution >= 4 is 0 Å². The summed E-state index contributed by atoms with van der Waals surface area (Å²) >= 11 is 0. The molecule has 1 heterocycles. The van der Waals surface area contributed by atoms with Crippen molar-refractivity contribution in [2.45, 2.75) is 0 Å². The molecule has 0 amide bonds. The van der Waals surface area contributed by atoms with Crippen LogP contribution in [0.2, 0.25) is 0 Å². The summed E-state index contributed by atoms with van der Waals surface area (Å²) in [6.07, 6.45) is 1.75. The van der Waals surface area contributed by atoms with Crippen LogP contribution in [0.4, 0.5) is 0 Å². The molecule has 0 radical (unpaired) electrons. The second-order valence-electron chi connectivity index (χ2n) is 2.83. The van der Waals surface area contributed by atoms with Gasteiger partial charge in [0.1, 0.15) is 5.69 Å². The Balaban J connectivity index is 2.24. The summed E-state index contributed by atoms with van der Waals surface area (Å²) in [6.45, 7) is 0. The molecule has 0 saturated carbocycles. The molecule has 1 heteroatoms. The molecule has 0 aliphatic carbocycles. The third-order valence-electron chi connectivity index (χ3n) is 1.77. The van der Waals surface area contributed by atoms with Crippen molar-refractivity contribution in [1.82, 2.24) is 4.98 Å². The van der Waals surface area contributed by atoms with Crippen LogP contribution in [-0.4, -0.2) is 4.98 Å². The number of hydrogen-bond acceptors (Lipinski definition) is 1. The Bertz CT molecular complexity index is 405. The van der Waals surface area contributed by atoms with Gasteiger partial charge in [-0.25, -0.2) is 4.98 Å². The van der Waals surface area contributed by atoms with Gasteiger partial charge in [0.25, 0.3) is 0 Å². The highest BCUT2D eigenvalue weighted by atomic mass is 14.6. The van der Waals surface area contributed by atoms with E-state index >= 15 is 0 Å². The van der Waals surface area contributed by atoms with E-state index in [1.807, 2.05) is 48.5 Å². The zero-order valence-corrected chi connectivity index (χ0v) is 7.64. The molecule has 0 bridgehead atoms. The minimum Gasteiger partial charge on any atom is -0.248 e. The van der Waals surface area contributed by atoms with Crippen molar-refractivity contribution < 1.29 is 0 Å². The van der Waals surface area contributed by atoms with Crippen LogP contribution < -0.4 is 0 Å². The van der Waals surface area contributed by atoms with Gasteiger partial charge in [-0.1, -0.05) is 30.2 Å². The van der Waals surface area contributed by atoms with Gasteiger partial charge in [-0.3, -0.25) is 0 Å². The number of benzene rings is 1. The molecule has 0 aliphatic rings. The van der Waals surface area contributed by atoms with E-state index in [1.165, 1.54) is 0 Å². The van der Waals surface area contributed by atoms with Crippen LogP contribution >= 0.6 is 0 Å². The quantitative estimate of drug-likeness (QED) is 0.566. The molecular formula is C13H9N. The average Bonchev–Trinajstić information content (AvgIpc) is 2.29. The minimum atomic E-state index is 0.802. The molecule has 14 heavy (non-hydrogen) atoms. The van der Waals surface area contributed by atoms with Gasteiger partial charge < -0.3 is 0 Å². The first-order valence-corrected chi connectivity index (χ1v) is 4.43. The average molecular weight is 179 g/mol. The number of pyridine rings is 1. The van der Waals surface area contributed by atoms with E-state index in [2.05, 4.69) is 16.8 Å². The molecule has 1 aromatic heterocycles. The Kier molecular flexibility index (Phi) is 2.59. The van der Waals surface area contributed by atoms with Crippen molar-refractivity contribution in [1.29, 1.82) is 0 Å². The summed E-state index contributed by atoms with van der Waals surface area (Å²) in [4.78, 5) is 4.12. The Labute approximate surface area is 83.4 Å². The van der Waals surface area contributed by atoms with E-state index in [-0.39, 0.29) is 0 Å². The second kappa shape index (κ2) is 4.25. The van der Waals surface area contributed by atoms with E-state index in [1.54, 1.807) is 6.20 Å². The first kappa shape index (κ1) is 8.52. The standard InChI is InChI=1S/C13H9N/c1-2-6-12(7-3-1)9-10-13-8-4-5-11-14-13/h1-8,11H. The molecule has 0 unspecified atom stereocenters. The molecule has 0 N–H and O–H groups in total. The van der Waals surface area contributed by atoms with Crippen LogP contribution in [0.15, 0.2) is 54.7 Å². The summed E-state index contributed by atoms with van der Waals surface area (Å²) in [6, 6.07) is 15.6. The fourth-order valence-corrected chi connectivity index (χ4v) is 1.09. The lowest BCUT2D eigenvalue weighted by molar-refractivity contribution is 1.29. The van der Waals surface area contributed by atoms with Crippen molar-refractivity contribution in [2.75, 3.05) is 0 Å². The molecule has 0 fully saturated rings. The van der Waals surface area contributed by atoms with E-state index in [9.17, 15) is 0 Å². The first-order valence-electron chi connectivity index (χ1n) is 4.43. The zero-order chi connectivity index (χ0) is 9.64. The molecule has 2 aromatic rings. The summed E-state index contributed by atoms with van der Waals surface area (Å²) in [5.74, 6) is 6.05. The van der Waals surface area contributed by atoms with Crippen LogP contribution in [-0.2, 0) is 0 Å². The largest absolute Gasteiger partial charge is 0.248 e. The first-order chi connectivity index (χ1) is 6.95. The van der Waals surface area contributed by atoms with E-state index < -0.39 is 0 Å². The fourth-order valence-electron chi connectivity index (χ4n) is 1.09. The van der Waals surface area contributed by atoms with Gasteiger partial charge in [-0.05, 0) is 30.2 Å². The SMILES string of the molecule is C(#Cc1ccccn1)c1ccccc1. The van der Waals surface area contributed by atoms with Gasteiger partial charge in [0.05, 0.1) is 0 Å². The molecule has 0 spiro atoms. The lowest BCUT2D eigenvalue weighted by Crippen LogP contribution is -1.78. The van der Waals surface area contributed by atoms with E-state index in [4.69, 9.17) is 0 Å². The van der Waals surface area contributed by atoms with Crippen molar-refractivity contribution in [3.8, 4) is 11.8 Å². The molecule has 0 saturated heterocycles. The molecule has 1 aromatic carbocycles. The van der Waals surface area contributed by atoms with E-state index in [0.717, 1.165) is 11.3 Å². The predicted octanol–water partition coefficient (Wildman–Crippen LogP) is 2.48. The lowest BCUT2D eigenvalue weighted by atomic mass is 10.2. The molecule has 0 atom stereocenters. The third-order valence-corrected chi connectivity index (χ3v) is 1.77. The predicted molar refractivity (Wildman–Crippen MR) is 56.7 cm³/mol. The van der Waals surface area contributed by atoms with Crippen LogP contribution in [0.1, 0.15) is 11.3 Å². The number of hydrogen-bond donors (Lipinski definition) is 0. The monoisotopic (exact) mass is 179 g/mol. The minimum absolute atomic E-state index is 0.802. The number of aromatic nitrogens is 1. The van der Waals surface area contributed by atoms with Gasteiger partial charge in [-0.15, -0.1) is 0 Å². The lowest BCUT2D eigenvalue weighted by Gasteiger charge is -1.87. The maximum Gasteiger partial charge on any atom is 0.113 e. The second-order valence-corrected chi connectivity index (χ2v) is 2.83. The highest BCUT2D eigenvalue weighted by molar-refractivity contribution is 5.39. The normalized spacial score (nSPS) is 8.86. The van der Waals surface area contributed by atoms with Crippen LogP contribution in [0.5, 0.6) is 0 Å². The fraction of sp³-hybridized carbons (Fsp3) is 0. The van der Waals surface area contributed by atoms with Crippen molar-refractivity contribution in [2.24, 2.45) is 0 Å². The Morgan fingerprint density at radius 1 is 0.786 bits per heavy atom. The van der Waals surface area contributed by atoms with Gasteiger partial charge in [0.2, 0.25) is 0 Å². The molecular weight excluding hydrogens is 170 g/mol. The summed E-state index contributed by atoms with van der Waals surface area (Å²) < 4.78 is 0. The summed E-state index contributed by atoms with van der Waals surface area (Å²) in [5.41, 5.74) is 1.81. The van der Waals surface area contributed by atoms with Crippen LogP contribution in [0.25, 0.3) is 0 Å². The Hall–Kier alpha value is -2.07. The zero-order valence-electron chi connectivity index (χ0n) is 7.64. The third kappa shape index (κ3) is 2.21. The smallest absolute Gasteiger partial charge is 0.113 e.